The van der Waals surface area contributed by atoms with E-state index in [2.05, 4.69) is 4.74 Å². The minimum atomic E-state index is -4.77. The van der Waals surface area contributed by atoms with E-state index in [1.54, 1.807) is 24.3 Å². The highest BCUT2D eigenvalue weighted by Crippen LogP contribution is 2.28. The van der Waals surface area contributed by atoms with Gasteiger partial charge in [-0.05, 0) is 36.4 Å². The van der Waals surface area contributed by atoms with Crippen molar-refractivity contribution in [2.24, 2.45) is 0 Å². The summed E-state index contributed by atoms with van der Waals surface area (Å²) in [4.78, 5) is 0. The van der Waals surface area contributed by atoms with Crippen molar-refractivity contribution in [1.82, 2.24) is 0 Å². The quantitative estimate of drug-likeness (QED) is 0.580. The lowest BCUT2D eigenvalue weighted by molar-refractivity contribution is -0.274. The van der Waals surface area contributed by atoms with Crippen LogP contribution in [-0.2, 0) is 0 Å². The maximum atomic E-state index is 14.1. The third-order valence-corrected chi connectivity index (χ3v) is 2.78. The molecule has 0 aliphatic rings. The van der Waals surface area contributed by atoms with Gasteiger partial charge >= 0.3 is 6.36 Å². The number of hydrogen-bond acceptors (Lipinski definition) is 2. The van der Waals surface area contributed by atoms with Crippen LogP contribution >= 0.6 is 0 Å². The molecule has 116 valence electrons. The van der Waals surface area contributed by atoms with Gasteiger partial charge in [0.25, 0.3) is 0 Å². The molecule has 0 bridgehead atoms. The van der Waals surface area contributed by atoms with Gasteiger partial charge in [-0.3, -0.25) is 0 Å². The van der Waals surface area contributed by atoms with Crippen LogP contribution in [0.5, 0.6) is 11.5 Å². The Bertz CT molecular complexity index is 661. The zero-order chi connectivity index (χ0) is 16.2. The molecule has 2 nitrogen and oxygen atoms in total. The molecule has 0 N–H and O–H groups in total. The second-order valence-electron chi connectivity index (χ2n) is 4.31. The van der Waals surface area contributed by atoms with Crippen LogP contribution in [0.3, 0.4) is 0 Å². The molecule has 0 saturated carbocycles. The largest absolute Gasteiger partial charge is 0.573 e. The fourth-order valence-corrected chi connectivity index (χ4v) is 1.82. The molecule has 0 unspecified atom stereocenters. The number of alkyl halides is 3. The van der Waals surface area contributed by atoms with E-state index in [-0.39, 0.29) is 5.56 Å². The molecule has 0 heterocycles. The molecule has 0 aliphatic carbocycles. The maximum Gasteiger partial charge on any atom is 0.573 e. The van der Waals surface area contributed by atoms with Gasteiger partial charge in [-0.2, -0.15) is 0 Å². The predicted molar refractivity (Wildman–Crippen MR) is 75.1 cm³/mol. The minimum absolute atomic E-state index is 0.139. The van der Waals surface area contributed by atoms with Crippen LogP contribution in [0.15, 0.2) is 48.5 Å². The van der Waals surface area contributed by atoms with Crippen LogP contribution in [0.1, 0.15) is 11.1 Å². The molecule has 0 atom stereocenters. The molecule has 0 saturated heterocycles. The van der Waals surface area contributed by atoms with Crippen molar-refractivity contribution in [3.8, 4) is 11.5 Å². The third kappa shape index (κ3) is 4.25. The third-order valence-electron chi connectivity index (χ3n) is 2.78. The van der Waals surface area contributed by atoms with Gasteiger partial charge in [-0.1, -0.05) is 18.2 Å². The van der Waals surface area contributed by atoms with E-state index in [0.717, 1.165) is 12.1 Å². The van der Waals surface area contributed by atoms with E-state index in [4.69, 9.17) is 4.74 Å². The topological polar surface area (TPSA) is 18.5 Å². The van der Waals surface area contributed by atoms with Crippen LogP contribution < -0.4 is 9.47 Å². The zero-order valence-electron chi connectivity index (χ0n) is 11.5. The van der Waals surface area contributed by atoms with Crippen molar-refractivity contribution in [1.29, 1.82) is 0 Å². The molecule has 0 spiro atoms. The Balaban J connectivity index is 2.22. The smallest absolute Gasteiger partial charge is 0.496 e. The Hall–Kier alpha value is -2.50. The predicted octanol–water partition coefficient (Wildman–Crippen LogP) is 5.06. The van der Waals surface area contributed by atoms with Crippen LogP contribution in [-0.4, -0.2) is 13.5 Å². The van der Waals surface area contributed by atoms with Gasteiger partial charge in [0, 0.05) is 11.1 Å². The van der Waals surface area contributed by atoms with Crippen molar-refractivity contribution < 1.29 is 27.0 Å². The number of hydrogen-bond donors (Lipinski definition) is 0. The molecule has 0 aliphatic heterocycles. The summed E-state index contributed by atoms with van der Waals surface area (Å²) in [6, 6.07) is 11.3. The average molecular weight is 312 g/mol. The summed E-state index contributed by atoms with van der Waals surface area (Å²) >= 11 is 0. The fourth-order valence-electron chi connectivity index (χ4n) is 1.82. The molecule has 22 heavy (non-hydrogen) atoms. The van der Waals surface area contributed by atoms with E-state index in [0.29, 0.717) is 11.3 Å². The van der Waals surface area contributed by atoms with E-state index >= 15 is 0 Å². The summed E-state index contributed by atoms with van der Waals surface area (Å²) in [5.74, 6) is -0.501. The van der Waals surface area contributed by atoms with Gasteiger partial charge in [0.05, 0.1) is 7.11 Å². The number of ether oxygens (including phenoxy) is 2. The van der Waals surface area contributed by atoms with Crippen molar-refractivity contribution >= 4 is 11.9 Å². The monoisotopic (exact) mass is 312 g/mol. The summed E-state index contributed by atoms with van der Waals surface area (Å²) < 4.78 is 59.1. The highest BCUT2D eigenvalue weighted by molar-refractivity contribution is 5.78. The lowest BCUT2D eigenvalue weighted by Crippen LogP contribution is -2.16. The molecule has 2 aromatic rings. The lowest BCUT2D eigenvalue weighted by atomic mass is 10.1. The number of halogens is 4. The van der Waals surface area contributed by atoms with Crippen LogP contribution in [0.2, 0.25) is 0 Å². The van der Waals surface area contributed by atoms with E-state index in [1.165, 1.54) is 25.3 Å². The summed E-state index contributed by atoms with van der Waals surface area (Å²) in [5, 5.41) is 0. The highest BCUT2D eigenvalue weighted by Gasteiger charge is 2.30. The Kier molecular flexibility index (Phi) is 4.70. The summed E-state index contributed by atoms with van der Waals surface area (Å²) in [6.45, 7) is 0. The SMILES string of the molecule is COc1ccccc1/C=C(\F)c1ccc(OC(F)(F)F)cc1. The zero-order valence-corrected chi connectivity index (χ0v) is 11.5. The molecule has 0 fully saturated rings. The van der Waals surface area contributed by atoms with Gasteiger partial charge in [0.15, 0.2) is 0 Å². The van der Waals surface area contributed by atoms with Gasteiger partial charge in [-0.15, -0.1) is 13.2 Å². The lowest BCUT2D eigenvalue weighted by Gasteiger charge is -2.09. The second kappa shape index (κ2) is 6.51. The second-order valence-corrected chi connectivity index (χ2v) is 4.31. The number of benzene rings is 2. The first-order valence-electron chi connectivity index (χ1n) is 6.25. The first-order chi connectivity index (χ1) is 10.4. The normalized spacial score (nSPS) is 12.1. The first kappa shape index (κ1) is 15.9. The number of rotatable bonds is 4. The van der Waals surface area contributed by atoms with Crippen molar-refractivity contribution in [3.63, 3.8) is 0 Å². The van der Waals surface area contributed by atoms with Gasteiger partial charge in [-0.25, -0.2) is 4.39 Å². The summed E-state index contributed by atoms with van der Waals surface area (Å²) in [5.41, 5.74) is 0.665. The molecule has 0 radical (unpaired) electrons. The fraction of sp³-hybridized carbons (Fsp3) is 0.125. The number of para-hydroxylation sites is 1. The molecular formula is C16H12F4O2. The highest BCUT2D eigenvalue weighted by atomic mass is 19.4. The Morgan fingerprint density at radius 2 is 1.64 bits per heavy atom. The Morgan fingerprint density at radius 3 is 2.23 bits per heavy atom. The first-order valence-corrected chi connectivity index (χ1v) is 6.25. The molecule has 2 aromatic carbocycles. The van der Waals surface area contributed by atoms with Crippen molar-refractivity contribution in [2.45, 2.75) is 6.36 Å². The van der Waals surface area contributed by atoms with E-state index < -0.39 is 17.9 Å². The molecule has 0 aromatic heterocycles. The Labute approximate surface area is 124 Å². The minimum Gasteiger partial charge on any atom is -0.496 e. The maximum absolute atomic E-state index is 14.1. The van der Waals surface area contributed by atoms with Gasteiger partial charge in [0.2, 0.25) is 0 Å². The van der Waals surface area contributed by atoms with Crippen molar-refractivity contribution in [2.75, 3.05) is 7.11 Å². The molecular weight excluding hydrogens is 300 g/mol. The van der Waals surface area contributed by atoms with Crippen LogP contribution in [0.4, 0.5) is 17.6 Å². The van der Waals surface area contributed by atoms with Crippen LogP contribution in [0.25, 0.3) is 11.9 Å². The van der Waals surface area contributed by atoms with Gasteiger partial charge < -0.3 is 9.47 Å². The van der Waals surface area contributed by atoms with Crippen LogP contribution in [0, 0.1) is 0 Å². The van der Waals surface area contributed by atoms with Gasteiger partial charge in [0.1, 0.15) is 17.3 Å². The van der Waals surface area contributed by atoms with E-state index in [1.807, 2.05) is 0 Å². The Morgan fingerprint density at radius 1 is 1.00 bits per heavy atom. The molecule has 6 heteroatoms. The van der Waals surface area contributed by atoms with Crippen molar-refractivity contribution in [3.05, 3.63) is 59.7 Å². The van der Waals surface area contributed by atoms with E-state index in [9.17, 15) is 17.6 Å². The average Bonchev–Trinajstić information content (AvgIpc) is 2.47. The standard InChI is InChI=1S/C16H12F4O2/c1-21-15-5-3-2-4-12(15)10-14(17)11-6-8-13(9-7-11)22-16(18,19)20/h2-10H,1H3/b14-10-. The summed E-state index contributed by atoms with van der Waals surface area (Å²) in [7, 11) is 1.47. The number of methoxy groups -OCH3 is 1. The summed E-state index contributed by atoms with van der Waals surface area (Å²) in [6.07, 6.45) is -3.52. The molecule has 0 amide bonds. The molecule has 2 rings (SSSR count).